The molecular weight excluding hydrogens is 356 g/mol. The zero-order chi connectivity index (χ0) is 20.3. The monoisotopic (exact) mass is 388 g/mol. The van der Waals surface area contributed by atoms with E-state index in [2.05, 4.69) is 16.0 Å². The van der Waals surface area contributed by atoms with Gasteiger partial charge in [-0.1, -0.05) is 6.07 Å². The van der Waals surface area contributed by atoms with Gasteiger partial charge in [0.2, 0.25) is 5.91 Å². The summed E-state index contributed by atoms with van der Waals surface area (Å²) in [5.74, 6) is 1.05. The highest BCUT2D eigenvalue weighted by Crippen LogP contribution is 2.35. The minimum Gasteiger partial charge on any atom is -0.444 e. The first-order valence-electron chi connectivity index (χ1n) is 10.2. The lowest BCUT2D eigenvalue weighted by Crippen LogP contribution is -2.50. The summed E-state index contributed by atoms with van der Waals surface area (Å²) in [5, 5.41) is 0. The second-order valence-electron chi connectivity index (χ2n) is 8.59. The van der Waals surface area contributed by atoms with Crippen molar-refractivity contribution in [2.75, 3.05) is 37.6 Å². The van der Waals surface area contributed by atoms with Crippen molar-refractivity contribution in [1.29, 1.82) is 0 Å². The molecule has 2 amide bonds. The molecule has 7 heteroatoms. The Labute approximate surface area is 167 Å². The summed E-state index contributed by atoms with van der Waals surface area (Å²) in [7, 11) is 0. The molecule has 2 aliphatic rings. The molecule has 0 saturated carbocycles. The molecule has 0 radical (unpaired) electrons. The summed E-state index contributed by atoms with van der Waals surface area (Å²) in [4.78, 5) is 35.1. The molecule has 0 aliphatic carbocycles. The van der Waals surface area contributed by atoms with Crippen molar-refractivity contribution in [2.24, 2.45) is 0 Å². The van der Waals surface area contributed by atoms with Gasteiger partial charge in [0.25, 0.3) is 0 Å². The maximum Gasteiger partial charge on any atom is 0.410 e. The molecule has 0 aromatic carbocycles. The molecule has 1 aromatic rings. The van der Waals surface area contributed by atoms with Crippen LogP contribution in [0.15, 0.2) is 18.3 Å². The van der Waals surface area contributed by atoms with E-state index in [9.17, 15) is 9.59 Å². The van der Waals surface area contributed by atoms with Crippen LogP contribution < -0.4 is 4.90 Å². The zero-order valence-electron chi connectivity index (χ0n) is 17.5. The van der Waals surface area contributed by atoms with Crippen LogP contribution in [0.25, 0.3) is 0 Å². The lowest BCUT2D eigenvalue weighted by atomic mass is 9.95. The fourth-order valence-electron chi connectivity index (χ4n) is 3.99. The Kier molecular flexibility index (Phi) is 6.10. The van der Waals surface area contributed by atoms with Crippen LogP contribution in [0.3, 0.4) is 0 Å². The number of rotatable bonds is 2. The van der Waals surface area contributed by atoms with Crippen molar-refractivity contribution < 1.29 is 14.3 Å². The largest absolute Gasteiger partial charge is 0.444 e. The smallest absolute Gasteiger partial charge is 0.410 e. The van der Waals surface area contributed by atoms with Gasteiger partial charge in [0, 0.05) is 51.4 Å². The molecule has 2 aliphatic heterocycles. The Balaban J connectivity index is 1.72. The fourth-order valence-corrected chi connectivity index (χ4v) is 3.99. The van der Waals surface area contributed by atoms with Crippen LogP contribution >= 0.6 is 0 Å². The van der Waals surface area contributed by atoms with Gasteiger partial charge < -0.3 is 19.4 Å². The first-order chi connectivity index (χ1) is 13.3. The second-order valence-corrected chi connectivity index (χ2v) is 8.59. The number of amides is 2. The molecule has 2 fully saturated rings. The van der Waals surface area contributed by atoms with Crippen LogP contribution in [0.5, 0.6) is 0 Å². The normalized spacial score (nSPS) is 20.9. The molecule has 154 valence electrons. The quantitative estimate of drug-likeness (QED) is 0.778. The molecule has 1 aromatic heterocycles. The van der Waals surface area contributed by atoms with Crippen LogP contribution in [0.1, 0.15) is 58.6 Å². The number of hydrogen-bond donors (Lipinski definition) is 0. The van der Waals surface area contributed by atoms with Gasteiger partial charge in [-0.3, -0.25) is 4.79 Å². The van der Waals surface area contributed by atoms with E-state index in [4.69, 9.17) is 4.74 Å². The Morgan fingerprint density at radius 1 is 1.11 bits per heavy atom. The van der Waals surface area contributed by atoms with Crippen LogP contribution in [0.4, 0.5) is 10.6 Å². The fraction of sp³-hybridized carbons (Fsp3) is 0.667. The number of ether oxygens (including phenoxy) is 1. The van der Waals surface area contributed by atoms with Gasteiger partial charge in [0.1, 0.15) is 11.4 Å². The van der Waals surface area contributed by atoms with Crippen molar-refractivity contribution >= 4 is 17.8 Å². The summed E-state index contributed by atoms with van der Waals surface area (Å²) < 4.78 is 5.49. The van der Waals surface area contributed by atoms with E-state index in [1.807, 2.05) is 31.7 Å². The molecule has 0 N–H and O–H groups in total. The molecule has 3 heterocycles. The first kappa shape index (κ1) is 20.4. The number of aromatic nitrogens is 1. The number of hydrogen-bond acceptors (Lipinski definition) is 5. The number of pyridine rings is 1. The molecule has 3 rings (SSSR count). The van der Waals surface area contributed by atoms with Crippen molar-refractivity contribution in [1.82, 2.24) is 14.8 Å². The molecule has 1 atom stereocenters. The van der Waals surface area contributed by atoms with E-state index in [1.54, 1.807) is 18.0 Å². The number of carbonyl (C=O) groups excluding carboxylic acids is 2. The predicted molar refractivity (Wildman–Crippen MR) is 108 cm³/mol. The summed E-state index contributed by atoms with van der Waals surface area (Å²) in [6.07, 6.45) is 4.69. The summed E-state index contributed by atoms with van der Waals surface area (Å²) in [6, 6.07) is 4.12. The third kappa shape index (κ3) is 4.75. The Hall–Kier alpha value is -2.31. The molecule has 28 heavy (non-hydrogen) atoms. The third-order valence-electron chi connectivity index (χ3n) is 5.31. The number of likely N-dealkylation sites (tertiary alicyclic amines) is 1. The molecule has 7 nitrogen and oxygen atoms in total. The number of piperazine rings is 1. The molecule has 2 saturated heterocycles. The molecular formula is C21H32N4O3. The molecule has 0 unspecified atom stereocenters. The van der Waals surface area contributed by atoms with Crippen molar-refractivity contribution in [3.63, 3.8) is 0 Å². The predicted octanol–water partition coefficient (Wildman–Crippen LogP) is 3.21. The topological polar surface area (TPSA) is 66.0 Å². The van der Waals surface area contributed by atoms with Gasteiger partial charge in [0.05, 0.1) is 6.04 Å². The van der Waals surface area contributed by atoms with Gasteiger partial charge in [-0.05, 0) is 46.1 Å². The zero-order valence-corrected chi connectivity index (χ0v) is 17.5. The van der Waals surface area contributed by atoms with Crippen LogP contribution in [0, 0.1) is 0 Å². The van der Waals surface area contributed by atoms with Crippen LogP contribution in [-0.4, -0.2) is 65.1 Å². The summed E-state index contributed by atoms with van der Waals surface area (Å²) in [5.41, 5.74) is 0.627. The summed E-state index contributed by atoms with van der Waals surface area (Å²) >= 11 is 0. The van der Waals surface area contributed by atoms with Crippen LogP contribution in [0.2, 0.25) is 0 Å². The van der Waals surface area contributed by atoms with Gasteiger partial charge in [-0.2, -0.15) is 0 Å². The number of piperidine rings is 1. The van der Waals surface area contributed by atoms with E-state index in [0.717, 1.165) is 37.2 Å². The lowest BCUT2D eigenvalue weighted by Gasteiger charge is -2.40. The Morgan fingerprint density at radius 3 is 2.46 bits per heavy atom. The SMILES string of the molecule is CC(=O)N1CCCC[C@H]1c1cccnc1N1CCN(C(=O)OC(C)(C)C)CC1. The van der Waals surface area contributed by atoms with E-state index < -0.39 is 5.60 Å². The van der Waals surface area contributed by atoms with E-state index >= 15 is 0 Å². The minimum absolute atomic E-state index is 0.0823. The molecule has 0 bridgehead atoms. The van der Waals surface area contributed by atoms with Crippen molar-refractivity contribution in [2.45, 2.75) is 58.6 Å². The highest BCUT2D eigenvalue weighted by atomic mass is 16.6. The average molecular weight is 389 g/mol. The van der Waals surface area contributed by atoms with Gasteiger partial charge >= 0.3 is 6.09 Å². The standard InChI is InChI=1S/C21H32N4O3/c1-16(26)25-11-6-5-9-18(25)17-8-7-10-22-19(17)23-12-14-24(15-13-23)20(27)28-21(2,3)4/h7-8,10,18H,5-6,9,11-15H2,1-4H3/t18-/m0/s1. The number of nitrogens with zero attached hydrogens (tertiary/aromatic N) is 4. The van der Waals surface area contributed by atoms with E-state index in [1.165, 1.54) is 0 Å². The molecule has 0 spiro atoms. The lowest BCUT2D eigenvalue weighted by molar-refractivity contribution is -0.132. The Bertz CT molecular complexity index is 708. The second kappa shape index (κ2) is 8.37. The van der Waals surface area contributed by atoms with E-state index in [0.29, 0.717) is 26.2 Å². The van der Waals surface area contributed by atoms with Crippen molar-refractivity contribution in [3.8, 4) is 0 Å². The maximum atomic E-state index is 12.3. The summed E-state index contributed by atoms with van der Waals surface area (Å²) in [6.45, 7) is 10.7. The minimum atomic E-state index is -0.487. The highest BCUT2D eigenvalue weighted by molar-refractivity contribution is 5.74. The third-order valence-corrected chi connectivity index (χ3v) is 5.31. The Morgan fingerprint density at radius 2 is 1.82 bits per heavy atom. The first-order valence-corrected chi connectivity index (χ1v) is 10.2. The van der Waals surface area contributed by atoms with Crippen molar-refractivity contribution in [3.05, 3.63) is 23.9 Å². The van der Waals surface area contributed by atoms with Gasteiger partial charge in [-0.15, -0.1) is 0 Å². The van der Waals surface area contributed by atoms with Crippen LogP contribution in [-0.2, 0) is 9.53 Å². The maximum absolute atomic E-state index is 12.3. The number of anilines is 1. The van der Waals surface area contributed by atoms with Gasteiger partial charge in [-0.25, -0.2) is 9.78 Å². The number of carbonyl (C=O) groups is 2. The van der Waals surface area contributed by atoms with Gasteiger partial charge in [0.15, 0.2) is 0 Å². The van der Waals surface area contributed by atoms with E-state index in [-0.39, 0.29) is 18.0 Å². The average Bonchev–Trinajstić information content (AvgIpc) is 2.67. The highest BCUT2D eigenvalue weighted by Gasteiger charge is 2.31.